The summed E-state index contributed by atoms with van der Waals surface area (Å²) in [6, 6.07) is 0. The number of unbranched alkanes of at least 4 members (excludes halogenated alkanes) is 3. The van der Waals surface area contributed by atoms with Crippen molar-refractivity contribution in [3.8, 4) is 0 Å². The fraction of sp³-hybridized carbons (Fsp3) is 0.750. The topological polar surface area (TPSA) is 72.8 Å². The first-order valence-corrected chi connectivity index (χ1v) is 11.2. The SMILES string of the molecule is CCCCC[C@@H](/C=C/[C@@H]1[C@H]2CC(CCCCC(=O)OC)=C[C@H]2C[C@H]1O)OC(C)=O. The molecular weight excluding hydrogens is 368 g/mol. The molecule has 5 heteroatoms. The number of esters is 2. The minimum absolute atomic E-state index is 0.119. The Hall–Kier alpha value is -1.62. The smallest absolute Gasteiger partial charge is 0.305 e. The molecule has 164 valence electrons. The molecule has 5 atom stereocenters. The van der Waals surface area contributed by atoms with Gasteiger partial charge in [0.05, 0.1) is 13.2 Å². The van der Waals surface area contributed by atoms with E-state index >= 15 is 0 Å². The summed E-state index contributed by atoms with van der Waals surface area (Å²) < 4.78 is 10.1. The number of ether oxygens (including phenoxy) is 2. The third kappa shape index (κ3) is 7.61. The molecule has 0 aromatic heterocycles. The molecule has 0 bridgehead atoms. The lowest BCUT2D eigenvalue weighted by Crippen LogP contribution is -2.19. The van der Waals surface area contributed by atoms with Crippen LogP contribution in [0, 0.1) is 17.8 Å². The van der Waals surface area contributed by atoms with Crippen molar-refractivity contribution in [1.29, 1.82) is 0 Å². The molecule has 1 fully saturated rings. The molecule has 29 heavy (non-hydrogen) atoms. The van der Waals surface area contributed by atoms with Crippen molar-refractivity contribution in [1.82, 2.24) is 0 Å². The molecule has 0 unspecified atom stereocenters. The van der Waals surface area contributed by atoms with E-state index in [9.17, 15) is 14.7 Å². The van der Waals surface area contributed by atoms with E-state index in [1.54, 1.807) is 0 Å². The van der Waals surface area contributed by atoms with Gasteiger partial charge in [0.15, 0.2) is 0 Å². The standard InChI is InChI=1S/C24H38O5/c1-4-5-6-10-20(29-17(2)25)12-13-21-22-15-18(14-19(22)16-23(21)26)9-7-8-11-24(27)28-3/h12-14,19-23,26H,4-11,15-16H2,1-3H3/b13-12+/t19-,20-,21+,22-,23+/m0/s1. The van der Waals surface area contributed by atoms with E-state index in [-0.39, 0.29) is 30.1 Å². The van der Waals surface area contributed by atoms with Crippen molar-refractivity contribution >= 4 is 11.9 Å². The van der Waals surface area contributed by atoms with Gasteiger partial charge < -0.3 is 14.6 Å². The van der Waals surface area contributed by atoms with Gasteiger partial charge in [0.25, 0.3) is 0 Å². The number of allylic oxidation sites excluding steroid dienone is 2. The Morgan fingerprint density at radius 3 is 2.76 bits per heavy atom. The van der Waals surface area contributed by atoms with E-state index in [1.807, 2.05) is 6.08 Å². The average molecular weight is 407 g/mol. The first kappa shape index (κ1) is 23.7. The molecule has 2 rings (SSSR count). The molecule has 5 nitrogen and oxygen atoms in total. The predicted octanol–water partition coefficient (Wildman–Crippen LogP) is 4.73. The van der Waals surface area contributed by atoms with Crippen molar-refractivity contribution in [3.05, 3.63) is 23.8 Å². The van der Waals surface area contributed by atoms with Gasteiger partial charge in [0.2, 0.25) is 0 Å². The fourth-order valence-electron chi connectivity index (χ4n) is 4.77. The van der Waals surface area contributed by atoms with Crippen LogP contribution in [0.5, 0.6) is 0 Å². The maximum absolute atomic E-state index is 11.4. The molecule has 0 heterocycles. The van der Waals surface area contributed by atoms with Crippen LogP contribution in [0.15, 0.2) is 23.8 Å². The summed E-state index contributed by atoms with van der Waals surface area (Å²) in [6.07, 6.45) is 15.2. The zero-order chi connectivity index (χ0) is 21.2. The van der Waals surface area contributed by atoms with Crippen molar-refractivity contribution in [3.63, 3.8) is 0 Å². The maximum atomic E-state index is 11.4. The maximum Gasteiger partial charge on any atom is 0.305 e. The number of aliphatic hydroxyl groups excluding tert-OH is 1. The Morgan fingerprint density at radius 1 is 1.28 bits per heavy atom. The molecule has 1 N–H and O–H groups in total. The molecule has 0 spiro atoms. The molecule has 0 amide bonds. The minimum Gasteiger partial charge on any atom is -0.469 e. The summed E-state index contributed by atoms with van der Waals surface area (Å²) in [5.74, 6) is 0.593. The molecule has 0 radical (unpaired) electrons. The summed E-state index contributed by atoms with van der Waals surface area (Å²) >= 11 is 0. The number of hydrogen-bond acceptors (Lipinski definition) is 5. The Bertz CT molecular complexity index is 594. The number of hydrogen-bond donors (Lipinski definition) is 1. The van der Waals surface area contributed by atoms with E-state index in [4.69, 9.17) is 4.74 Å². The van der Waals surface area contributed by atoms with Gasteiger partial charge in [-0.15, -0.1) is 0 Å². The van der Waals surface area contributed by atoms with E-state index < -0.39 is 0 Å². The lowest BCUT2D eigenvalue weighted by Gasteiger charge is -2.20. The number of fused-ring (bicyclic) bond motifs is 1. The van der Waals surface area contributed by atoms with Crippen LogP contribution in [-0.2, 0) is 19.1 Å². The van der Waals surface area contributed by atoms with Crippen LogP contribution >= 0.6 is 0 Å². The summed E-state index contributed by atoms with van der Waals surface area (Å²) in [6.45, 7) is 3.61. The van der Waals surface area contributed by atoms with Crippen LogP contribution in [0.1, 0.15) is 78.1 Å². The van der Waals surface area contributed by atoms with Gasteiger partial charge in [-0.2, -0.15) is 0 Å². The van der Waals surface area contributed by atoms with Gasteiger partial charge in [-0.05, 0) is 62.9 Å². The quantitative estimate of drug-likeness (QED) is 0.288. The van der Waals surface area contributed by atoms with E-state index in [0.717, 1.165) is 57.8 Å². The number of carbonyl (C=O) groups is 2. The zero-order valence-electron chi connectivity index (χ0n) is 18.3. The van der Waals surface area contributed by atoms with Crippen LogP contribution in [0.3, 0.4) is 0 Å². The summed E-state index contributed by atoms with van der Waals surface area (Å²) in [5.41, 5.74) is 1.45. The largest absolute Gasteiger partial charge is 0.469 e. The van der Waals surface area contributed by atoms with Crippen LogP contribution in [-0.4, -0.2) is 36.4 Å². The van der Waals surface area contributed by atoms with Crippen molar-refractivity contribution in [2.24, 2.45) is 17.8 Å². The number of methoxy groups -OCH3 is 1. The number of carbonyl (C=O) groups excluding carboxylic acids is 2. The minimum atomic E-state index is -0.327. The average Bonchev–Trinajstić information content (AvgIpc) is 3.19. The highest BCUT2D eigenvalue weighted by Gasteiger charge is 2.43. The Labute approximate surface area is 175 Å². The number of aliphatic hydroxyl groups is 1. The van der Waals surface area contributed by atoms with Gasteiger partial charge in [0.1, 0.15) is 6.10 Å². The van der Waals surface area contributed by atoms with Crippen LogP contribution in [0.4, 0.5) is 0 Å². The van der Waals surface area contributed by atoms with Gasteiger partial charge in [0, 0.05) is 19.3 Å². The molecule has 0 aromatic rings. The second-order valence-electron chi connectivity index (χ2n) is 8.55. The van der Waals surface area contributed by atoms with E-state index in [2.05, 4.69) is 23.8 Å². The monoisotopic (exact) mass is 406 g/mol. The summed E-state index contributed by atoms with van der Waals surface area (Å²) in [4.78, 5) is 22.6. The first-order chi connectivity index (χ1) is 13.9. The van der Waals surface area contributed by atoms with Gasteiger partial charge in [-0.3, -0.25) is 9.59 Å². The second-order valence-corrected chi connectivity index (χ2v) is 8.55. The number of rotatable bonds is 12. The van der Waals surface area contributed by atoms with E-state index in [0.29, 0.717) is 18.3 Å². The Morgan fingerprint density at radius 2 is 2.07 bits per heavy atom. The van der Waals surface area contributed by atoms with Gasteiger partial charge >= 0.3 is 11.9 Å². The molecular formula is C24H38O5. The van der Waals surface area contributed by atoms with Crippen molar-refractivity contribution < 1.29 is 24.2 Å². The second kappa shape index (κ2) is 12.2. The molecule has 2 aliphatic carbocycles. The summed E-state index contributed by atoms with van der Waals surface area (Å²) in [7, 11) is 1.43. The van der Waals surface area contributed by atoms with Crippen molar-refractivity contribution in [2.45, 2.75) is 90.3 Å². The van der Waals surface area contributed by atoms with Gasteiger partial charge in [-0.1, -0.05) is 37.5 Å². The molecule has 0 aliphatic heterocycles. The predicted molar refractivity (Wildman–Crippen MR) is 113 cm³/mol. The van der Waals surface area contributed by atoms with E-state index in [1.165, 1.54) is 19.6 Å². The lowest BCUT2D eigenvalue weighted by atomic mass is 9.88. The Balaban J connectivity index is 1.86. The van der Waals surface area contributed by atoms with Crippen LogP contribution in [0.25, 0.3) is 0 Å². The normalized spacial score (nSPS) is 27.0. The molecule has 2 aliphatic rings. The molecule has 0 aromatic carbocycles. The van der Waals surface area contributed by atoms with Crippen LogP contribution in [0.2, 0.25) is 0 Å². The highest BCUT2D eigenvalue weighted by Crippen LogP contribution is 2.48. The zero-order valence-corrected chi connectivity index (χ0v) is 18.3. The third-order valence-electron chi connectivity index (χ3n) is 6.26. The summed E-state index contributed by atoms with van der Waals surface area (Å²) in [5, 5.41) is 10.6. The van der Waals surface area contributed by atoms with Crippen molar-refractivity contribution in [2.75, 3.05) is 7.11 Å². The molecule has 0 saturated heterocycles. The van der Waals surface area contributed by atoms with Gasteiger partial charge in [-0.25, -0.2) is 0 Å². The highest BCUT2D eigenvalue weighted by atomic mass is 16.5. The third-order valence-corrected chi connectivity index (χ3v) is 6.26. The molecule has 1 saturated carbocycles. The Kier molecular flexibility index (Phi) is 9.92. The van der Waals surface area contributed by atoms with Crippen LogP contribution < -0.4 is 0 Å². The lowest BCUT2D eigenvalue weighted by molar-refractivity contribution is -0.144. The first-order valence-electron chi connectivity index (χ1n) is 11.2. The highest BCUT2D eigenvalue weighted by molar-refractivity contribution is 5.69. The fourth-order valence-corrected chi connectivity index (χ4v) is 4.77.